The highest BCUT2D eigenvalue weighted by atomic mass is 16.5. The number of allylic oxidation sites excluding steroid dienone is 3. The maximum absolute atomic E-state index is 11.6. The lowest BCUT2D eigenvalue weighted by atomic mass is 9.86. The Bertz CT molecular complexity index is 547. The van der Waals surface area contributed by atoms with Crippen LogP contribution in [0.5, 0.6) is 0 Å². The highest BCUT2D eigenvalue weighted by Gasteiger charge is 2.21. The van der Waals surface area contributed by atoms with E-state index < -0.39 is 0 Å². The molecule has 0 aliphatic carbocycles. The van der Waals surface area contributed by atoms with Gasteiger partial charge in [0.2, 0.25) is 0 Å². The van der Waals surface area contributed by atoms with Gasteiger partial charge in [0.15, 0.2) is 5.78 Å². The quantitative estimate of drug-likeness (QED) is 0.585. The first-order valence-electron chi connectivity index (χ1n) is 8.77. The standard InChI is InChI=1S/C21H28O3/c1-3-4-10-19(13-21-14-20(22)11-12-24-21)17(2)15-23-16-18-8-6-5-7-9-18/h3,5-9,14,17,19H,1,4,10-13,15-16H2,2H3/t17?,19-/m1/s1. The Balaban J connectivity index is 1.85. The highest BCUT2D eigenvalue weighted by molar-refractivity contribution is 5.90. The zero-order valence-electron chi connectivity index (χ0n) is 14.6. The fraction of sp³-hybridized carbons (Fsp3) is 0.476. The lowest BCUT2D eigenvalue weighted by molar-refractivity contribution is -0.116. The van der Waals surface area contributed by atoms with Gasteiger partial charge < -0.3 is 9.47 Å². The second-order valence-corrected chi connectivity index (χ2v) is 6.48. The predicted molar refractivity (Wildman–Crippen MR) is 96.5 cm³/mol. The van der Waals surface area contributed by atoms with Crippen molar-refractivity contribution in [1.29, 1.82) is 0 Å². The molecule has 3 nitrogen and oxygen atoms in total. The molecule has 130 valence electrons. The molecule has 1 aliphatic rings. The molecule has 1 aromatic carbocycles. The normalized spacial score (nSPS) is 16.9. The van der Waals surface area contributed by atoms with E-state index in [4.69, 9.17) is 9.47 Å². The smallest absolute Gasteiger partial charge is 0.162 e. The first-order valence-corrected chi connectivity index (χ1v) is 8.77. The van der Waals surface area contributed by atoms with Crippen LogP contribution in [0.25, 0.3) is 0 Å². The maximum Gasteiger partial charge on any atom is 0.162 e. The van der Waals surface area contributed by atoms with Gasteiger partial charge in [0.05, 0.1) is 19.0 Å². The minimum atomic E-state index is 0.173. The summed E-state index contributed by atoms with van der Waals surface area (Å²) in [5.41, 5.74) is 1.19. The third kappa shape index (κ3) is 6.32. The van der Waals surface area contributed by atoms with Crippen LogP contribution < -0.4 is 0 Å². The van der Waals surface area contributed by atoms with Gasteiger partial charge in [-0.25, -0.2) is 0 Å². The van der Waals surface area contributed by atoms with Crippen molar-refractivity contribution in [3.63, 3.8) is 0 Å². The van der Waals surface area contributed by atoms with Crippen LogP contribution in [0.3, 0.4) is 0 Å². The largest absolute Gasteiger partial charge is 0.497 e. The van der Waals surface area contributed by atoms with Crippen molar-refractivity contribution in [3.05, 3.63) is 60.4 Å². The average Bonchev–Trinajstić information content (AvgIpc) is 2.59. The Morgan fingerprint density at radius 3 is 2.83 bits per heavy atom. The molecule has 1 heterocycles. The van der Waals surface area contributed by atoms with Gasteiger partial charge in [0, 0.05) is 25.5 Å². The van der Waals surface area contributed by atoms with Gasteiger partial charge in [-0.2, -0.15) is 0 Å². The molecular weight excluding hydrogens is 300 g/mol. The van der Waals surface area contributed by atoms with E-state index in [2.05, 4.69) is 25.6 Å². The Kier molecular flexibility index (Phi) is 7.76. The minimum Gasteiger partial charge on any atom is -0.497 e. The van der Waals surface area contributed by atoms with E-state index >= 15 is 0 Å². The van der Waals surface area contributed by atoms with Gasteiger partial charge in [0.1, 0.15) is 0 Å². The lowest BCUT2D eigenvalue weighted by Gasteiger charge is -2.26. The summed E-state index contributed by atoms with van der Waals surface area (Å²) in [5.74, 6) is 1.83. The molecule has 0 aromatic heterocycles. The summed E-state index contributed by atoms with van der Waals surface area (Å²) in [6.45, 7) is 7.89. The van der Waals surface area contributed by atoms with E-state index in [1.807, 2.05) is 24.3 Å². The molecule has 0 amide bonds. The first kappa shape index (κ1) is 18.5. The van der Waals surface area contributed by atoms with Crippen LogP contribution in [-0.4, -0.2) is 19.0 Å². The number of carbonyl (C=O) groups is 1. The lowest BCUT2D eigenvalue weighted by Crippen LogP contribution is -2.20. The van der Waals surface area contributed by atoms with Crippen molar-refractivity contribution in [2.24, 2.45) is 11.8 Å². The number of hydrogen-bond acceptors (Lipinski definition) is 3. The molecule has 2 atom stereocenters. The van der Waals surface area contributed by atoms with E-state index in [0.29, 0.717) is 38.1 Å². The van der Waals surface area contributed by atoms with Gasteiger partial charge in [-0.05, 0) is 30.2 Å². The Labute approximate surface area is 145 Å². The third-order valence-electron chi connectivity index (χ3n) is 4.46. The molecular formula is C21H28O3. The fourth-order valence-corrected chi connectivity index (χ4v) is 2.95. The van der Waals surface area contributed by atoms with Crippen molar-refractivity contribution in [1.82, 2.24) is 0 Å². The van der Waals surface area contributed by atoms with Crippen LogP contribution in [0.15, 0.2) is 54.8 Å². The topological polar surface area (TPSA) is 35.5 Å². The number of carbonyl (C=O) groups excluding carboxylic acids is 1. The van der Waals surface area contributed by atoms with Gasteiger partial charge in [-0.3, -0.25) is 4.79 Å². The molecule has 1 aromatic rings. The molecule has 0 bridgehead atoms. The maximum atomic E-state index is 11.6. The van der Waals surface area contributed by atoms with Crippen LogP contribution in [0.1, 0.15) is 38.2 Å². The summed E-state index contributed by atoms with van der Waals surface area (Å²) >= 11 is 0. The van der Waals surface area contributed by atoms with Crippen molar-refractivity contribution in [2.75, 3.05) is 13.2 Å². The van der Waals surface area contributed by atoms with Crippen molar-refractivity contribution in [3.8, 4) is 0 Å². The van der Waals surface area contributed by atoms with Crippen molar-refractivity contribution < 1.29 is 14.3 Å². The van der Waals surface area contributed by atoms with E-state index in [0.717, 1.165) is 25.0 Å². The Morgan fingerprint density at radius 1 is 1.33 bits per heavy atom. The molecule has 0 N–H and O–H groups in total. The monoisotopic (exact) mass is 328 g/mol. The van der Waals surface area contributed by atoms with E-state index in [1.54, 1.807) is 6.08 Å². The SMILES string of the molecule is C=CCC[C@H](CC1=CC(=O)CCO1)C(C)COCc1ccccc1. The number of ether oxygens (including phenoxy) is 2. The molecule has 3 heteroatoms. The second kappa shape index (κ2) is 10.1. The highest BCUT2D eigenvalue weighted by Crippen LogP contribution is 2.28. The third-order valence-corrected chi connectivity index (χ3v) is 4.46. The Morgan fingerprint density at radius 2 is 2.12 bits per heavy atom. The summed E-state index contributed by atoms with van der Waals surface area (Å²) in [7, 11) is 0. The van der Waals surface area contributed by atoms with Gasteiger partial charge in [-0.1, -0.05) is 43.3 Å². The average molecular weight is 328 g/mol. The van der Waals surface area contributed by atoms with E-state index in [9.17, 15) is 4.79 Å². The molecule has 1 unspecified atom stereocenters. The zero-order valence-corrected chi connectivity index (χ0v) is 14.6. The molecule has 1 aliphatic heterocycles. The molecule has 0 fully saturated rings. The number of rotatable bonds is 10. The molecule has 0 saturated heterocycles. The second-order valence-electron chi connectivity index (χ2n) is 6.48. The zero-order chi connectivity index (χ0) is 17.2. The summed E-state index contributed by atoms with van der Waals surface area (Å²) in [6.07, 6.45) is 6.92. The molecule has 2 rings (SSSR count). The summed E-state index contributed by atoms with van der Waals surface area (Å²) < 4.78 is 11.6. The van der Waals surface area contributed by atoms with E-state index in [1.165, 1.54) is 5.56 Å². The first-order chi connectivity index (χ1) is 11.7. The summed E-state index contributed by atoms with van der Waals surface area (Å²) in [6, 6.07) is 10.2. The van der Waals surface area contributed by atoms with Gasteiger partial charge in [0.25, 0.3) is 0 Å². The van der Waals surface area contributed by atoms with Crippen LogP contribution in [0, 0.1) is 11.8 Å². The number of hydrogen-bond donors (Lipinski definition) is 0. The van der Waals surface area contributed by atoms with Crippen LogP contribution >= 0.6 is 0 Å². The molecule has 0 radical (unpaired) electrons. The number of benzene rings is 1. The minimum absolute atomic E-state index is 0.173. The van der Waals surface area contributed by atoms with Gasteiger partial charge in [-0.15, -0.1) is 6.58 Å². The van der Waals surface area contributed by atoms with Crippen molar-refractivity contribution >= 4 is 5.78 Å². The molecule has 0 saturated carbocycles. The molecule has 24 heavy (non-hydrogen) atoms. The summed E-state index contributed by atoms with van der Waals surface area (Å²) in [4.78, 5) is 11.6. The van der Waals surface area contributed by atoms with Crippen LogP contribution in [0.2, 0.25) is 0 Å². The van der Waals surface area contributed by atoms with Crippen molar-refractivity contribution in [2.45, 2.75) is 39.2 Å². The number of ketones is 1. The summed E-state index contributed by atoms with van der Waals surface area (Å²) in [5, 5.41) is 0. The molecule has 0 spiro atoms. The van der Waals surface area contributed by atoms with E-state index in [-0.39, 0.29) is 5.78 Å². The predicted octanol–water partition coefficient (Wildman–Crippen LogP) is 4.69. The van der Waals surface area contributed by atoms with Crippen LogP contribution in [0.4, 0.5) is 0 Å². The van der Waals surface area contributed by atoms with Crippen LogP contribution in [-0.2, 0) is 20.9 Å². The Hall–Kier alpha value is -1.87. The fourth-order valence-electron chi connectivity index (χ4n) is 2.95. The van der Waals surface area contributed by atoms with Gasteiger partial charge >= 0.3 is 0 Å².